The molecule has 0 atom stereocenters. The minimum atomic E-state index is -3.56. The minimum Gasteiger partial charge on any atom is -0.497 e. The number of halogens is 2. The number of fused-ring (bicyclic) bond motifs is 1. The quantitative estimate of drug-likeness (QED) is 0.282. The van der Waals surface area contributed by atoms with Gasteiger partial charge in [0.25, 0.3) is 0 Å². The maximum absolute atomic E-state index is 12.4. The van der Waals surface area contributed by atoms with Gasteiger partial charge in [0, 0.05) is 30.9 Å². The van der Waals surface area contributed by atoms with Crippen LogP contribution in [-0.2, 0) is 9.53 Å². The number of hydrogen-bond acceptors (Lipinski definition) is 7. The summed E-state index contributed by atoms with van der Waals surface area (Å²) in [5.41, 5.74) is 6.73. The van der Waals surface area contributed by atoms with Gasteiger partial charge >= 0.3 is 12.3 Å². The molecule has 0 aliphatic carbocycles. The largest absolute Gasteiger partial charge is 0.586 e. The monoisotopic (exact) mass is 476 g/mol. The molecule has 34 heavy (non-hydrogen) atoms. The molecule has 3 N–H and O–H groups in total. The van der Waals surface area contributed by atoms with Crippen molar-refractivity contribution in [2.24, 2.45) is 0 Å². The van der Waals surface area contributed by atoms with Gasteiger partial charge in [-0.2, -0.15) is 0 Å². The molecule has 1 heterocycles. The smallest absolute Gasteiger partial charge is 0.497 e. The first-order chi connectivity index (χ1) is 15.8. The number of nitrogens with one attached hydrogen (secondary N) is 1. The van der Waals surface area contributed by atoms with Crippen LogP contribution in [0, 0.1) is 0 Å². The van der Waals surface area contributed by atoms with E-state index in [4.69, 9.17) is 15.2 Å². The first-order valence-corrected chi connectivity index (χ1v) is 9.96. The van der Waals surface area contributed by atoms with Crippen molar-refractivity contribution in [3.8, 4) is 17.2 Å². The van der Waals surface area contributed by atoms with E-state index in [2.05, 4.69) is 14.8 Å². The van der Waals surface area contributed by atoms with Gasteiger partial charge in [0.05, 0.1) is 7.11 Å². The molecule has 184 valence electrons. The summed E-state index contributed by atoms with van der Waals surface area (Å²) in [6.45, 7) is 2.45. The van der Waals surface area contributed by atoms with Crippen LogP contribution in [0.1, 0.15) is 14.4 Å². The molecule has 0 radical (unpaired) electrons. The van der Waals surface area contributed by atoms with Crippen molar-refractivity contribution in [2.75, 3.05) is 31.3 Å². The second-order valence-electron chi connectivity index (χ2n) is 6.52. The normalized spacial score (nSPS) is 11.9. The number of rotatable bonds is 5. The van der Waals surface area contributed by atoms with E-state index in [9.17, 15) is 13.6 Å². The molecular weight excluding hydrogens is 446 g/mol. The molecule has 1 aliphatic rings. The summed E-state index contributed by atoms with van der Waals surface area (Å²) in [7, 11) is 1.66. The molecular formula is C25H30F2N2O5. The Kier molecular flexibility index (Phi) is 11.7. The Balaban J connectivity index is 0.000000258. The van der Waals surface area contributed by atoms with E-state index in [0.717, 1.165) is 11.4 Å². The maximum Gasteiger partial charge on any atom is 0.586 e. The average Bonchev–Trinajstić information content (AvgIpc) is 3.11. The van der Waals surface area contributed by atoms with E-state index >= 15 is 0 Å². The molecule has 9 heteroatoms. The number of methoxy groups -OCH3 is 1. The number of carbonyl (C=O) groups excluding carboxylic acids is 1. The van der Waals surface area contributed by atoms with Crippen molar-refractivity contribution in [1.82, 2.24) is 0 Å². The summed E-state index contributed by atoms with van der Waals surface area (Å²) in [6, 6.07) is 23.6. The highest BCUT2D eigenvalue weighted by atomic mass is 19.3. The fraction of sp³-hybridized carbons (Fsp3) is 0.240. The van der Waals surface area contributed by atoms with Crippen LogP contribution in [0.15, 0.2) is 78.9 Å². The van der Waals surface area contributed by atoms with Crippen molar-refractivity contribution in [2.45, 2.75) is 20.6 Å². The van der Waals surface area contributed by atoms with Gasteiger partial charge in [-0.15, -0.1) is 8.78 Å². The second kappa shape index (κ2) is 14.2. The van der Waals surface area contributed by atoms with Gasteiger partial charge in [0.1, 0.15) is 12.4 Å². The van der Waals surface area contributed by atoms with E-state index in [1.807, 2.05) is 60.7 Å². The molecule has 0 aromatic heterocycles. The maximum atomic E-state index is 12.4. The van der Waals surface area contributed by atoms with Crippen LogP contribution < -0.4 is 25.3 Å². The zero-order chi connectivity index (χ0) is 24.1. The number of nitrogen functional groups attached to an aromatic ring is 1. The fourth-order valence-electron chi connectivity index (χ4n) is 2.47. The highest BCUT2D eigenvalue weighted by Crippen LogP contribution is 2.41. The number of esters is 1. The van der Waals surface area contributed by atoms with Crippen molar-refractivity contribution in [1.29, 1.82) is 0 Å². The topological polar surface area (TPSA) is 92.0 Å². The Morgan fingerprint density at radius 2 is 1.56 bits per heavy atom. The molecule has 3 aromatic rings. The van der Waals surface area contributed by atoms with Crippen LogP contribution in [0.5, 0.6) is 17.2 Å². The lowest BCUT2D eigenvalue weighted by Crippen LogP contribution is -2.25. The zero-order valence-electron chi connectivity index (χ0n) is 18.3. The molecule has 1 aliphatic heterocycles. The van der Waals surface area contributed by atoms with E-state index in [0.29, 0.717) is 18.8 Å². The number of hydrogen-bond donors (Lipinski definition) is 2. The van der Waals surface area contributed by atoms with Crippen molar-refractivity contribution < 1.29 is 32.5 Å². The number of benzene rings is 3. The third-order valence-corrected chi connectivity index (χ3v) is 3.91. The number of carbonyl (C=O) groups is 1. The SMILES string of the molecule is C.CC(=O)OCCNc1ccccc1.COc1ccccc1.Nc1ccc2c(c1)OC(F)(F)O2. The van der Waals surface area contributed by atoms with Crippen molar-refractivity contribution >= 4 is 17.3 Å². The molecule has 0 unspecified atom stereocenters. The Bertz CT molecular complexity index is 989. The molecule has 0 saturated carbocycles. The third-order valence-electron chi connectivity index (χ3n) is 3.91. The van der Waals surface area contributed by atoms with Crippen LogP contribution >= 0.6 is 0 Å². The van der Waals surface area contributed by atoms with Gasteiger partial charge in [0.15, 0.2) is 11.5 Å². The van der Waals surface area contributed by atoms with Gasteiger partial charge in [0.2, 0.25) is 0 Å². The lowest BCUT2D eigenvalue weighted by Gasteiger charge is -2.05. The Morgan fingerprint density at radius 1 is 0.971 bits per heavy atom. The number of ether oxygens (including phenoxy) is 4. The third kappa shape index (κ3) is 10.5. The number of alkyl halides is 2. The van der Waals surface area contributed by atoms with E-state index in [-0.39, 0.29) is 24.9 Å². The van der Waals surface area contributed by atoms with Crippen LogP contribution in [0.2, 0.25) is 0 Å². The first kappa shape index (κ1) is 28.0. The van der Waals surface area contributed by atoms with E-state index in [1.165, 1.54) is 25.1 Å². The molecule has 0 spiro atoms. The predicted octanol–water partition coefficient (Wildman–Crippen LogP) is 5.58. The zero-order valence-corrected chi connectivity index (χ0v) is 18.3. The molecule has 0 amide bonds. The minimum absolute atomic E-state index is 0. The standard InChI is InChI=1S/C10H13NO2.C7H5F2NO2.C7H8O.CH4/c1-9(12)13-8-7-11-10-5-3-2-4-6-10;8-7(9)11-5-2-1-4(10)3-6(5)12-7;1-8-7-5-3-2-4-6-7;/h2-6,11H,7-8H2,1H3;1-3H,10H2;2-6H,1H3;1H4. The summed E-state index contributed by atoms with van der Waals surface area (Å²) >= 11 is 0. The Labute approximate surface area is 198 Å². The van der Waals surface area contributed by atoms with E-state index in [1.54, 1.807) is 7.11 Å². The second-order valence-corrected chi connectivity index (χ2v) is 6.52. The Hall–Kier alpha value is -4.01. The van der Waals surface area contributed by atoms with Gasteiger partial charge in [-0.25, -0.2) is 0 Å². The summed E-state index contributed by atoms with van der Waals surface area (Å²) in [6.07, 6.45) is -3.56. The van der Waals surface area contributed by atoms with Crippen molar-refractivity contribution in [3.05, 3.63) is 78.9 Å². The molecule has 0 saturated heterocycles. The van der Waals surface area contributed by atoms with Crippen molar-refractivity contribution in [3.63, 3.8) is 0 Å². The summed E-state index contributed by atoms with van der Waals surface area (Å²) in [4.78, 5) is 10.4. The van der Waals surface area contributed by atoms with Gasteiger partial charge < -0.3 is 30.0 Å². The van der Waals surface area contributed by atoms with E-state index < -0.39 is 6.29 Å². The highest BCUT2D eigenvalue weighted by Gasteiger charge is 2.43. The van der Waals surface area contributed by atoms with Crippen LogP contribution in [-0.4, -0.2) is 32.5 Å². The van der Waals surface area contributed by atoms with Gasteiger partial charge in [-0.3, -0.25) is 4.79 Å². The van der Waals surface area contributed by atoms with Crippen LogP contribution in [0.4, 0.5) is 20.2 Å². The van der Waals surface area contributed by atoms with Gasteiger partial charge in [-0.05, 0) is 36.4 Å². The number of anilines is 2. The molecule has 0 bridgehead atoms. The Morgan fingerprint density at radius 3 is 2.12 bits per heavy atom. The summed E-state index contributed by atoms with van der Waals surface area (Å²) < 4.78 is 42.7. The lowest BCUT2D eigenvalue weighted by atomic mass is 10.3. The summed E-state index contributed by atoms with van der Waals surface area (Å²) in [5, 5.41) is 3.12. The van der Waals surface area contributed by atoms with Crippen LogP contribution in [0.3, 0.4) is 0 Å². The van der Waals surface area contributed by atoms with Gasteiger partial charge in [-0.1, -0.05) is 43.8 Å². The molecule has 3 aromatic carbocycles. The highest BCUT2D eigenvalue weighted by molar-refractivity contribution is 5.65. The summed E-state index contributed by atoms with van der Waals surface area (Å²) in [5.74, 6) is 0.650. The fourth-order valence-corrected chi connectivity index (χ4v) is 2.47. The lowest BCUT2D eigenvalue weighted by molar-refractivity contribution is -0.286. The molecule has 0 fully saturated rings. The number of para-hydroxylation sites is 2. The molecule has 4 rings (SSSR count). The molecule has 7 nitrogen and oxygen atoms in total. The number of nitrogens with two attached hydrogens (primary N) is 1. The predicted molar refractivity (Wildman–Crippen MR) is 128 cm³/mol. The van der Waals surface area contributed by atoms with Crippen LogP contribution in [0.25, 0.3) is 0 Å². The average molecular weight is 477 g/mol. The first-order valence-electron chi connectivity index (χ1n) is 9.96.